The quantitative estimate of drug-likeness (QED) is 0.692. The molecule has 0 aromatic carbocycles. The third-order valence-corrected chi connectivity index (χ3v) is 3.90. The van der Waals surface area contributed by atoms with E-state index < -0.39 is 11.6 Å². The van der Waals surface area contributed by atoms with E-state index in [0.717, 1.165) is 25.7 Å². The summed E-state index contributed by atoms with van der Waals surface area (Å²) in [6, 6.07) is -0.460. The lowest BCUT2D eigenvalue weighted by Crippen LogP contribution is -2.50. The molecule has 1 aliphatic carbocycles. The van der Waals surface area contributed by atoms with Crippen molar-refractivity contribution in [2.45, 2.75) is 64.5 Å². The number of nitrogens with one attached hydrogen (secondary N) is 1. The van der Waals surface area contributed by atoms with Crippen molar-refractivity contribution in [2.24, 2.45) is 11.1 Å². The Morgan fingerprint density at radius 2 is 1.88 bits per heavy atom. The second kappa shape index (κ2) is 5.36. The number of carbonyl (C=O) groups is 1. The van der Waals surface area contributed by atoms with Crippen molar-refractivity contribution in [3.8, 4) is 0 Å². The van der Waals surface area contributed by atoms with Crippen molar-refractivity contribution in [2.75, 3.05) is 6.54 Å². The van der Waals surface area contributed by atoms with Gasteiger partial charge in [-0.3, -0.25) is 4.79 Å². The minimum Gasteiger partial charge on any atom is -0.388 e. The first-order valence-electron chi connectivity index (χ1n) is 6.54. The van der Waals surface area contributed by atoms with Gasteiger partial charge in [-0.15, -0.1) is 0 Å². The van der Waals surface area contributed by atoms with Gasteiger partial charge in [0.2, 0.25) is 5.91 Å². The third kappa shape index (κ3) is 4.28. The fourth-order valence-electron chi connectivity index (χ4n) is 2.14. The summed E-state index contributed by atoms with van der Waals surface area (Å²) in [6.07, 6.45) is 4.12. The largest absolute Gasteiger partial charge is 0.388 e. The SMILES string of the molecule is CC[C@H](N)C(=O)NCC1(O)CCC(C)(C)CC1. The molecule has 1 rings (SSSR count). The summed E-state index contributed by atoms with van der Waals surface area (Å²) in [4.78, 5) is 11.5. The highest BCUT2D eigenvalue weighted by molar-refractivity contribution is 5.81. The number of rotatable bonds is 4. The van der Waals surface area contributed by atoms with Crippen LogP contribution in [0.4, 0.5) is 0 Å². The molecule has 0 saturated heterocycles. The molecule has 0 unspecified atom stereocenters. The molecule has 4 heteroatoms. The fraction of sp³-hybridized carbons (Fsp3) is 0.923. The summed E-state index contributed by atoms with van der Waals surface area (Å²) >= 11 is 0. The van der Waals surface area contributed by atoms with Gasteiger partial charge in [0.05, 0.1) is 11.6 Å². The van der Waals surface area contributed by atoms with Gasteiger partial charge in [0.1, 0.15) is 0 Å². The van der Waals surface area contributed by atoms with Crippen LogP contribution in [0.1, 0.15) is 52.9 Å². The van der Waals surface area contributed by atoms with Crippen LogP contribution in [0.5, 0.6) is 0 Å². The standard InChI is InChI=1S/C13H26N2O2/c1-4-10(14)11(16)15-9-13(17)7-5-12(2,3)6-8-13/h10,17H,4-9,14H2,1-3H3,(H,15,16)/t10-/m0/s1. The molecule has 1 atom stereocenters. The number of amides is 1. The van der Waals surface area contributed by atoms with Crippen molar-refractivity contribution < 1.29 is 9.90 Å². The van der Waals surface area contributed by atoms with Crippen LogP contribution < -0.4 is 11.1 Å². The monoisotopic (exact) mass is 242 g/mol. The molecule has 1 aliphatic rings. The van der Waals surface area contributed by atoms with Gasteiger partial charge in [-0.2, -0.15) is 0 Å². The number of nitrogens with two attached hydrogens (primary N) is 1. The number of hydrogen-bond donors (Lipinski definition) is 3. The molecule has 0 aromatic heterocycles. The molecule has 1 fully saturated rings. The van der Waals surface area contributed by atoms with Crippen LogP contribution in [0.3, 0.4) is 0 Å². The Balaban J connectivity index is 2.39. The summed E-state index contributed by atoms with van der Waals surface area (Å²) in [5, 5.41) is 13.1. The molecule has 4 nitrogen and oxygen atoms in total. The maximum absolute atomic E-state index is 11.5. The van der Waals surface area contributed by atoms with Crippen LogP contribution in [0.25, 0.3) is 0 Å². The Morgan fingerprint density at radius 3 is 2.35 bits per heavy atom. The van der Waals surface area contributed by atoms with Crippen LogP contribution in [-0.4, -0.2) is 29.2 Å². The zero-order valence-electron chi connectivity index (χ0n) is 11.3. The summed E-state index contributed by atoms with van der Waals surface area (Å²) in [5.74, 6) is -0.161. The molecule has 17 heavy (non-hydrogen) atoms. The predicted octanol–water partition coefficient (Wildman–Crippen LogP) is 1.17. The van der Waals surface area contributed by atoms with E-state index in [0.29, 0.717) is 18.4 Å². The van der Waals surface area contributed by atoms with E-state index in [1.54, 1.807) is 0 Å². The van der Waals surface area contributed by atoms with Crippen molar-refractivity contribution in [3.63, 3.8) is 0 Å². The highest BCUT2D eigenvalue weighted by atomic mass is 16.3. The smallest absolute Gasteiger partial charge is 0.237 e. The average molecular weight is 242 g/mol. The molecule has 0 spiro atoms. The van der Waals surface area contributed by atoms with Crippen LogP contribution in [0, 0.1) is 5.41 Å². The van der Waals surface area contributed by atoms with Crippen molar-refractivity contribution in [1.82, 2.24) is 5.32 Å². The van der Waals surface area contributed by atoms with Gasteiger partial charge in [0.25, 0.3) is 0 Å². The second-order valence-electron chi connectivity index (χ2n) is 6.12. The Labute approximate surface area is 104 Å². The van der Waals surface area contributed by atoms with Crippen molar-refractivity contribution in [1.29, 1.82) is 0 Å². The van der Waals surface area contributed by atoms with Crippen LogP contribution in [0.15, 0.2) is 0 Å². The Kier molecular flexibility index (Phi) is 4.55. The molecule has 1 amide bonds. The number of hydrogen-bond acceptors (Lipinski definition) is 3. The van der Waals surface area contributed by atoms with Gasteiger partial charge < -0.3 is 16.2 Å². The minimum atomic E-state index is -0.737. The van der Waals surface area contributed by atoms with Gasteiger partial charge in [-0.1, -0.05) is 20.8 Å². The first-order chi connectivity index (χ1) is 7.78. The van der Waals surface area contributed by atoms with Gasteiger partial charge in [-0.05, 0) is 37.5 Å². The van der Waals surface area contributed by atoms with Crippen LogP contribution in [-0.2, 0) is 4.79 Å². The van der Waals surface area contributed by atoms with E-state index in [2.05, 4.69) is 19.2 Å². The maximum Gasteiger partial charge on any atom is 0.237 e. The Bertz CT molecular complexity index is 267. The molecule has 100 valence electrons. The van der Waals surface area contributed by atoms with E-state index in [4.69, 9.17) is 5.73 Å². The lowest BCUT2D eigenvalue weighted by Gasteiger charge is -2.40. The van der Waals surface area contributed by atoms with E-state index >= 15 is 0 Å². The Morgan fingerprint density at radius 1 is 1.35 bits per heavy atom. The van der Waals surface area contributed by atoms with Crippen LogP contribution in [0.2, 0.25) is 0 Å². The molecular formula is C13H26N2O2. The van der Waals surface area contributed by atoms with Crippen LogP contribution >= 0.6 is 0 Å². The van der Waals surface area contributed by atoms with E-state index in [9.17, 15) is 9.90 Å². The molecule has 1 saturated carbocycles. The zero-order chi connectivity index (χ0) is 13.1. The Hall–Kier alpha value is -0.610. The third-order valence-electron chi connectivity index (χ3n) is 3.90. The van der Waals surface area contributed by atoms with Gasteiger partial charge in [0.15, 0.2) is 0 Å². The average Bonchev–Trinajstić information content (AvgIpc) is 2.30. The molecule has 0 heterocycles. The summed E-state index contributed by atoms with van der Waals surface area (Å²) in [6.45, 7) is 6.65. The lowest BCUT2D eigenvalue weighted by atomic mass is 9.71. The fourth-order valence-corrected chi connectivity index (χ4v) is 2.14. The number of carbonyl (C=O) groups excluding carboxylic acids is 1. The minimum absolute atomic E-state index is 0.161. The molecule has 4 N–H and O–H groups in total. The molecular weight excluding hydrogens is 216 g/mol. The highest BCUT2D eigenvalue weighted by Gasteiger charge is 2.36. The zero-order valence-corrected chi connectivity index (χ0v) is 11.3. The van der Waals surface area contributed by atoms with E-state index in [1.807, 2.05) is 6.92 Å². The topological polar surface area (TPSA) is 75.4 Å². The molecule has 0 bridgehead atoms. The predicted molar refractivity (Wildman–Crippen MR) is 68.5 cm³/mol. The summed E-state index contributed by atoms with van der Waals surface area (Å²) in [7, 11) is 0. The van der Waals surface area contributed by atoms with E-state index in [-0.39, 0.29) is 5.91 Å². The first-order valence-corrected chi connectivity index (χ1v) is 6.54. The maximum atomic E-state index is 11.5. The lowest BCUT2D eigenvalue weighted by molar-refractivity contribution is -0.124. The molecule has 0 aliphatic heterocycles. The summed E-state index contributed by atoms with van der Waals surface area (Å²) in [5.41, 5.74) is 5.20. The number of aliphatic hydroxyl groups is 1. The highest BCUT2D eigenvalue weighted by Crippen LogP contribution is 2.39. The molecule has 0 aromatic rings. The van der Waals surface area contributed by atoms with E-state index in [1.165, 1.54) is 0 Å². The molecule has 0 radical (unpaired) electrons. The second-order valence-corrected chi connectivity index (χ2v) is 6.12. The van der Waals surface area contributed by atoms with Crippen molar-refractivity contribution >= 4 is 5.91 Å². The van der Waals surface area contributed by atoms with Gasteiger partial charge in [-0.25, -0.2) is 0 Å². The van der Waals surface area contributed by atoms with Crippen molar-refractivity contribution in [3.05, 3.63) is 0 Å². The summed E-state index contributed by atoms with van der Waals surface area (Å²) < 4.78 is 0. The normalized spacial score (nSPS) is 24.1. The van der Waals surface area contributed by atoms with Gasteiger partial charge >= 0.3 is 0 Å². The van der Waals surface area contributed by atoms with Gasteiger partial charge in [0, 0.05) is 6.54 Å². The first kappa shape index (κ1) is 14.5.